The second-order valence-electron chi connectivity index (χ2n) is 3.86. The Labute approximate surface area is 99.4 Å². The van der Waals surface area contributed by atoms with Crippen LogP contribution in [0.1, 0.15) is 19.8 Å². The zero-order valence-corrected chi connectivity index (χ0v) is 10.2. The maximum atomic E-state index is 11.9. The van der Waals surface area contributed by atoms with Gasteiger partial charge in [-0.2, -0.15) is 11.8 Å². The molecule has 1 unspecified atom stereocenters. The molecule has 0 aromatic heterocycles. The first-order valence-corrected chi connectivity index (χ1v) is 6.60. The van der Waals surface area contributed by atoms with E-state index in [0.29, 0.717) is 18.7 Å². The van der Waals surface area contributed by atoms with Crippen LogP contribution in [0.25, 0.3) is 0 Å². The van der Waals surface area contributed by atoms with Crippen LogP contribution < -0.4 is 5.73 Å². The number of carbonyl (C=O) groups is 2. The van der Waals surface area contributed by atoms with E-state index in [1.165, 1.54) is 4.90 Å². The van der Waals surface area contributed by atoms with E-state index in [1.54, 1.807) is 11.8 Å². The number of carbonyl (C=O) groups excluding carboxylic acids is 1. The fourth-order valence-electron chi connectivity index (χ4n) is 1.72. The SMILES string of the molecule is CCC[C@@H](N)C(=O)N1CCSCC1C(=O)O. The topological polar surface area (TPSA) is 83.6 Å². The molecule has 1 rings (SSSR count). The van der Waals surface area contributed by atoms with Gasteiger partial charge in [-0.05, 0) is 6.42 Å². The highest BCUT2D eigenvalue weighted by Gasteiger charge is 2.34. The van der Waals surface area contributed by atoms with Crippen LogP contribution in [0.2, 0.25) is 0 Å². The predicted molar refractivity (Wildman–Crippen MR) is 63.3 cm³/mol. The minimum atomic E-state index is -0.941. The van der Waals surface area contributed by atoms with Crippen LogP contribution in [0, 0.1) is 0 Å². The molecule has 1 saturated heterocycles. The van der Waals surface area contributed by atoms with Gasteiger partial charge in [0.1, 0.15) is 6.04 Å². The normalized spacial score (nSPS) is 22.9. The van der Waals surface area contributed by atoms with Crippen LogP contribution in [-0.4, -0.2) is 52.0 Å². The summed E-state index contributed by atoms with van der Waals surface area (Å²) >= 11 is 1.56. The Bertz CT molecular complexity index is 273. The molecule has 1 fully saturated rings. The van der Waals surface area contributed by atoms with Gasteiger partial charge < -0.3 is 15.7 Å². The van der Waals surface area contributed by atoms with Crippen molar-refractivity contribution in [3.05, 3.63) is 0 Å². The fourth-order valence-corrected chi connectivity index (χ4v) is 2.76. The van der Waals surface area contributed by atoms with Gasteiger partial charge in [0, 0.05) is 18.1 Å². The van der Waals surface area contributed by atoms with Crippen LogP contribution in [0.3, 0.4) is 0 Å². The van der Waals surface area contributed by atoms with Crippen LogP contribution in [0.5, 0.6) is 0 Å². The molecular formula is C10H18N2O3S. The summed E-state index contributed by atoms with van der Waals surface area (Å²) in [5, 5.41) is 9.02. The Balaban J connectivity index is 2.67. The third-order valence-electron chi connectivity index (χ3n) is 2.61. The summed E-state index contributed by atoms with van der Waals surface area (Å²) in [6.07, 6.45) is 1.43. The van der Waals surface area contributed by atoms with Crippen molar-refractivity contribution in [2.24, 2.45) is 5.73 Å². The molecular weight excluding hydrogens is 228 g/mol. The van der Waals surface area contributed by atoms with Gasteiger partial charge in [-0.15, -0.1) is 0 Å². The van der Waals surface area contributed by atoms with Crippen molar-refractivity contribution < 1.29 is 14.7 Å². The average molecular weight is 246 g/mol. The lowest BCUT2D eigenvalue weighted by Gasteiger charge is -2.34. The summed E-state index contributed by atoms with van der Waals surface area (Å²) < 4.78 is 0. The number of rotatable bonds is 4. The van der Waals surface area contributed by atoms with Crippen molar-refractivity contribution in [2.75, 3.05) is 18.1 Å². The Morgan fingerprint density at radius 1 is 1.62 bits per heavy atom. The molecule has 3 N–H and O–H groups in total. The molecule has 92 valence electrons. The van der Waals surface area contributed by atoms with E-state index in [0.717, 1.165) is 12.2 Å². The van der Waals surface area contributed by atoms with E-state index in [9.17, 15) is 9.59 Å². The Morgan fingerprint density at radius 2 is 2.31 bits per heavy atom. The molecule has 0 aromatic carbocycles. The molecule has 0 bridgehead atoms. The van der Waals surface area contributed by atoms with Gasteiger partial charge in [-0.1, -0.05) is 13.3 Å². The zero-order valence-electron chi connectivity index (χ0n) is 9.39. The monoisotopic (exact) mass is 246 g/mol. The first-order valence-electron chi connectivity index (χ1n) is 5.44. The quantitative estimate of drug-likeness (QED) is 0.737. The highest BCUT2D eigenvalue weighted by molar-refractivity contribution is 7.99. The first-order chi connectivity index (χ1) is 7.57. The molecule has 0 saturated carbocycles. The summed E-state index contributed by atoms with van der Waals surface area (Å²) in [6, 6.07) is -1.27. The Hall–Kier alpha value is -0.750. The van der Waals surface area contributed by atoms with Crippen LogP contribution >= 0.6 is 11.8 Å². The van der Waals surface area contributed by atoms with Gasteiger partial charge in [-0.25, -0.2) is 4.79 Å². The number of hydrogen-bond donors (Lipinski definition) is 2. The highest BCUT2D eigenvalue weighted by Crippen LogP contribution is 2.18. The minimum absolute atomic E-state index is 0.227. The third kappa shape index (κ3) is 3.12. The summed E-state index contributed by atoms with van der Waals surface area (Å²) in [5.41, 5.74) is 5.73. The molecule has 1 aliphatic rings. The average Bonchev–Trinajstić information content (AvgIpc) is 2.28. The van der Waals surface area contributed by atoms with Gasteiger partial charge in [0.2, 0.25) is 5.91 Å². The second kappa shape index (κ2) is 6.10. The predicted octanol–water partition coefficient (Wildman–Crippen LogP) is 0.142. The molecule has 6 heteroatoms. The number of nitrogens with two attached hydrogens (primary N) is 1. The van der Waals surface area contributed by atoms with Gasteiger partial charge >= 0.3 is 5.97 Å². The maximum absolute atomic E-state index is 11.9. The van der Waals surface area contributed by atoms with Crippen molar-refractivity contribution in [1.82, 2.24) is 4.90 Å². The number of aliphatic carboxylic acids is 1. The third-order valence-corrected chi connectivity index (χ3v) is 3.64. The molecule has 2 atom stereocenters. The van der Waals surface area contributed by atoms with Gasteiger partial charge in [0.15, 0.2) is 0 Å². The summed E-state index contributed by atoms with van der Waals surface area (Å²) in [6.45, 7) is 2.44. The van der Waals surface area contributed by atoms with E-state index >= 15 is 0 Å². The van der Waals surface area contributed by atoms with Crippen LogP contribution in [-0.2, 0) is 9.59 Å². The lowest BCUT2D eigenvalue weighted by molar-refractivity contribution is -0.149. The summed E-state index contributed by atoms with van der Waals surface area (Å²) in [4.78, 5) is 24.3. The molecule has 0 radical (unpaired) electrons. The largest absolute Gasteiger partial charge is 0.480 e. The molecule has 1 amide bonds. The number of hydrogen-bond acceptors (Lipinski definition) is 4. The molecule has 5 nitrogen and oxygen atoms in total. The molecule has 0 spiro atoms. The van der Waals surface area contributed by atoms with Crippen LogP contribution in [0.4, 0.5) is 0 Å². The number of carboxylic acids is 1. The number of amides is 1. The second-order valence-corrected chi connectivity index (χ2v) is 5.01. The Morgan fingerprint density at radius 3 is 2.88 bits per heavy atom. The lowest BCUT2D eigenvalue weighted by Crippen LogP contribution is -2.55. The first kappa shape index (κ1) is 13.3. The van der Waals surface area contributed by atoms with Crippen molar-refractivity contribution in [2.45, 2.75) is 31.8 Å². The standard InChI is InChI=1S/C10H18N2O3S/c1-2-3-7(11)9(13)12-4-5-16-6-8(12)10(14)15/h7-8H,2-6,11H2,1H3,(H,14,15)/t7-,8?/m1/s1. The number of thioether (sulfide) groups is 1. The van der Waals surface area contributed by atoms with Gasteiger partial charge in [0.05, 0.1) is 6.04 Å². The number of carboxylic acid groups (broad SMARTS) is 1. The molecule has 16 heavy (non-hydrogen) atoms. The molecule has 1 aliphatic heterocycles. The van der Waals surface area contributed by atoms with E-state index in [1.807, 2.05) is 6.92 Å². The maximum Gasteiger partial charge on any atom is 0.327 e. The van der Waals surface area contributed by atoms with E-state index in [-0.39, 0.29) is 5.91 Å². The fraction of sp³-hybridized carbons (Fsp3) is 0.800. The minimum Gasteiger partial charge on any atom is -0.480 e. The molecule has 1 heterocycles. The molecule has 0 aromatic rings. The van der Waals surface area contributed by atoms with Gasteiger partial charge in [0.25, 0.3) is 0 Å². The van der Waals surface area contributed by atoms with Crippen molar-refractivity contribution in [3.8, 4) is 0 Å². The van der Waals surface area contributed by atoms with Gasteiger partial charge in [-0.3, -0.25) is 4.79 Å². The van der Waals surface area contributed by atoms with E-state index < -0.39 is 18.1 Å². The highest BCUT2D eigenvalue weighted by atomic mass is 32.2. The van der Waals surface area contributed by atoms with E-state index in [2.05, 4.69) is 0 Å². The van der Waals surface area contributed by atoms with Crippen molar-refractivity contribution in [3.63, 3.8) is 0 Å². The number of nitrogens with zero attached hydrogens (tertiary/aromatic N) is 1. The zero-order chi connectivity index (χ0) is 12.1. The van der Waals surface area contributed by atoms with Crippen LogP contribution in [0.15, 0.2) is 0 Å². The van der Waals surface area contributed by atoms with Crippen molar-refractivity contribution >= 4 is 23.6 Å². The molecule has 0 aliphatic carbocycles. The lowest BCUT2D eigenvalue weighted by atomic mass is 10.1. The summed E-state index contributed by atoms with van der Waals surface area (Å²) in [5.74, 6) is 0.0765. The smallest absolute Gasteiger partial charge is 0.327 e. The Kier molecular flexibility index (Phi) is 5.08. The summed E-state index contributed by atoms with van der Waals surface area (Å²) in [7, 11) is 0. The van der Waals surface area contributed by atoms with Crippen molar-refractivity contribution in [1.29, 1.82) is 0 Å². The van der Waals surface area contributed by atoms with E-state index in [4.69, 9.17) is 10.8 Å².